The highest BCUT2D eigenvalue weighted by atomic mass is 16.3. The number of nitrogens with zero attached hydrogens (tertiary/aromatic N) is 2. The summed E-state index contributed by atoms with van der Waals surface area (Å²) in [7, 11) is 1.72. The molecule has 2 N–H and O–H groups in total. The Balaban J connectivity index is 2.58. The molecule has 1 aromatic rings. The van der Waals surface area contributed by atoms with Crippen LogP contribution in [0.15, 0.2) is 6.07 Å². The third kappa shape index (κ3) is 3.06. The first kappa shape index (κ1) is 11.7. The first-order chi connectivity index (χ1) is 7.04. The van der Waals surface area contributed by atoms with Crippen molar-refractivity contribution in [1.82, 2.24) is 15.1 Å². The van der Waals surface area contributed by atoms with Crippen molar-refractivity contribution in [3.63, 3.8) is 0 Å². The quantitative estimate of drug-likeness (QED) is 0.749. The lowest BCUT2D eigenvalue weighted by Gasteiger charge is -2.09. The number of hydrogen-bond acceptors (Lipinski definition) is 3. The van der Waals surface area contributed by atoms with Crippen molar-refractivity contribution in [3.8, 4) is 0 Å². The molecule has 5 heteroatoms. The van der Waals surface area contributed by atoms with Crippen molar-refractivity contribution in [2.24, 2.45) is 7.05 Å². The summed E-state index contributed by atoms with van der Waals surface area (Å²) >= 11 is 0. The second-order valence-corrected chi connectivity index (χ2v) is 3.57. The van der Waals surface area contributed by atoms with Crippen LogP contribution in [0, 0.1) is 6.92 Å². The number of aromatic nitrogens is 2. The van der Waals surface area contributed by atoms with Crippen molar-refractivity contribution >= 4 is 5.91 Å². The minimum absolute atomic E-state index is 0.203. The fourth-order valence-electron chi connectivity index (χ4n) is 1.27. The molecule has 0 spiro atoms. The van der Waals surface area contributed by atoms with Gasteiger partial charge in [-0.15, -0.1) is 0 Å². The summed E-state index contributed by atoms with van der Waals surface area (Å²) in [6.45, 7) is 3.97. The van der Waals surface area contributed by atoms with E-state index in [2.05, 4.69) is 10.4 Å². The van der Waals surface area contributed by atoms with Gasteiger partial charge in [-0.2, -0.15) is 5.10 Å². The van der Waals surface area contributed by atoms with Crippen LogP contribution in [0.25, 0.3) is 0 Å². The lowest BCUT2D eigenvalue weighted by molar-refractivity contribution is 0.0904. The van der Waals surface area contributed by atoms with Gasteiger partial charge >= 0.3 is 0 Å². The monoisotopic (exact) mass is 211 g/mol. The molecule has 0 fully saturated rings. The van der Waals surface area contributed by atoms with Gasteiger partial charge in [0, 0.05) is 13.6 Å². The van der Waals surface area contributed by atoms with Gasteiger partial charge in [0.2, 0.25) is 0 Å². The van der Waals surface area contributed by atoms with Crippen molar-refractivity contribution in [3.05, 3.63) is 17.5 Å². The first-order valence-electron chi connectivity index (χ1n) is 5.01. The standard InChI is InChI=1S/C10H17N3O2/c1-4-8(14)6-11-10(15)9-5-7(2)12-13(9)3/h5,8,14H,4,6H2,1-3H3,(H,11,15). The molecule has 1 aromatic heterocycles. The molecule has 84 valence electrons. The van der Waals surface area contributed by atoms with E-state index in [1.807, 2.05) is 13.8 Å². The Bertz CT molecular complexity index is 346. The third-order valence-electron chi connectivity index (χ3n) is 2.20. The lowest BCUT2D eigenvalue weighted by Crippen LogP contribution is -2.32. The molecule has 0 radical (unpaired) electrons. The molecular weight excluding hydrogens is 194 g/mol. The second kappa shape index (κ2) is 4.93. The maximum atomic E-state index is 11.6. The van der Waals surface area contributed by atoms with Gasteiger partial charge < -0.3 is 10.4 Å². The summed E-state index contributed by atoms with van der Waals surface area (Å²) in [5, 5.41) is 16.0. The molecule has 1 rings (SSSR count). The number of hydrogen-bond donors (Lipinski definition) is 2. The molecule has 0 aromatic carbocycles. The van der Waals surface area contributed by atoms with Crippen LogP contribution < -0.4 is 5.32 Å². The Morgan fingerprint density at radius 1 is 1.73 bits per heavy atom. The molecule has 0 saturated carbocycles. The van der Waals surface area contributed by atoms with Gasteiger partial charge in [0.1, 0.15) is 5.69 Å². The molecule has 1 amide bonds. The highest BCUT2D eigenvalue weighted by molar-refractivity contribution is 5.92. The van der Waals surface area contributed by atoms with Gasteiger partial charge in [0.25, 0.3) is 5.91 Å². The zero-order valence-electron chi connectivity index (χ0n) is 9.32. The normalized spacial score (nSPS) is 12.5. The Kier molecular flexibility index (Phi) is 3.85. The van der Waals surface area contributed by atoms with E-state index in [9.17, 15) is 9.90 Å². The Hall–Kier alpha value is -1.36. The van der Waals surface area contributed by atoms with E-state index < -0.39 is 6.10 Å². The van der Waals surface area contributed by atoms with Crippen LogP contribution in [0.4, 0.5) is 0 Å². The van der Waals surface area contributed by atoms with Crippen LogP contribution >= 0.6 is 0 Å². The SMILES string of the molecule is CCC(O)CNC(=O)c1cc(C)nn1C. The number of carbonyl (C=O) groups is 1. The van der Waals surface area contributed by atoms with Gasteiger partial charge in [0.05, 0.1) is 11.8 Å². The van der Waals surface area contributed by atoms with E-state index >= 15 is 0 Å². The number of nitrogens with one attached hydrogen (secondary N) is 1. The van der Waals surface area contributed by atoms with E-state index in [4.69, 9.17) is 0 Å². The highest BCUT2D eigenvalue weighted by Gasteiger charge is 2.12. The largest absolute Gasteiger partial charge is 0.391 e. The van der Waals surface area contributed by atoms with Crippen LogP contribution in [0.1, 0.15) is 29.5 Å². The minimum Gasteiger partial charge on any atom is -0.391 e. The van der Waals surface area contributed by atoms with Crippen LogP contribution in [0.5, 0.6) is 0 Å². The van der Waals surface area contributed by atoms with E-state index in [1.165, 1.54) is 4.68 Å². The van der Waals surface area contributed by atoms with Crippen LogP contribution in [-0.2, 0) is 7.05 Å². The fourth-order valence-corrected chi connectivity index (χ4v) is 1.27. The van der Waals surface area contributed by atoms with Crippen molar-refractivity contribution in [2.75, 3.05) is 6.54 Å². The molecule has 0 saturated heterocycles. The number of aliphatic hydroxyl groups is 1. The molecule has 15 heavy (non-hydrogen) atoms. The van der Waals surface area contributed by atoms with Gasteiger partial charge in [0.15, 0.2) is 0 Å². The van der Waals surface area contributed by atoms with Gasteiger partial charge in [-0.25, -0.2) is 0 Å². The molecule has 1 unspecified atom stereocenters. The molecule has 1 atom stereocenters. The summed E-state index contributed by atoms with van der Waals surface area (Å²) in [6, 6.07) is 1.72. The summed E-state index contributed by atoms with van der Waals surface area (Å²) < 4.78 is 1.53. The summed E-state index contributed by atoms with van der Waals surface area (Å²) in [4.78, 5) is 11.6. The highest BCUT2D eigenvalue weighted by Crippen LogP contribution is 2.01. The Morgan fingerprint density at radius 3 is 2.87 bits per heavy atom. The van der Waals surface area contributed by atoms with Gasteiger partial charge in [-0.3, -0.25) is 9.48 Å². The van der Waals surface area contributed by atoms with Gasteiger partial charge in [-0.1, -0.05) is 6.92 Å². The molecule has 1 heterocycles. The Morgan fingerprint density at radius 2 is 2.40 bits per heavy atom. The second-order valence-electron chi connectivity index (χ2n) is 3.57. The van der Waals surface area contributed by atoms with Crippen LogP contribution in [0.2, 0.25) is 0 Å². The maximum absolute atomic E-state index is 11.6. The van der Waals surface area contributed by atoms with E-state index in [0.29, 0.717) is 12.1 Å². The third-order valence-corrected chi connectivity index (χ3v) is 2.20. The average Bonchev–Trinajstić information content (AvgIpc) is 2.53. The van der Waals surface area contributed by atoms with Crippen LogP contribution in [-0.4, -0.2) is 33.4 Å². The lowest BCUT2D eigenvalue weighted by atomic mass is 10.2. The molecular formula is C10H17N3O2. The molecule has 5 nitrogen and oxygen atoms in total. The topological polar surface area (TPSA) is 67.2 Å². The number of rotatable bonds is 4. The van der Waals surface area contributed by atoms with E-state index in [1.54, 1.807) is 13.1 Å². The smallest absolute Gasteiger partial charge is 0.269 e. The van der Waals surface area contributed by atoms with Crippen molar-refractivity contribution < 1.29 is 9.90 Å². The molecule has 0 bridgehead atoms. The summed E-state index contributed by atoms with van der Waals surface area (Å²) in [5.41, 5.74) is 1.31. The predicted octanol–water partition coefficient (Wildman–Crippen LogP) is 0.229. The minimum atomic E-state index is -0.483. The Labute approximate surface area is 89.1 Å². The van der Waals surface area contributed by atoms with Crippen molar-refractivity contribution in [2.45, 2.75) is 26.4 Å². The number of aryl methyl sites for hydroxylation is 2. The first-order valence-corrected chi connectivity index (χ1v) is 5.01. The zero-order valence-corrected chi connectivity index (χ0v) is 9.32. The molecule has 0 aliphatic heterocycles. The predicted molar refractivity (Wildman–Crippen MR) is 56.6 cm³/mol. The van der Waals surface area contributed by atoms with Crippen LogP contribution in [0.3, 0.4) is 0 Å². The fraction of sp³-hybridized carbons (Fsp3) is 0.600. The van der Waals surface area contributed by atoms with Gasteiger partial charge in [-0.05, 0) is 19.4 Å². The van der Waals surface area contributed by atoms with E-state index in [0.717, 1.165) is 5.69 Å². The zero-order chi connectivity index (χ0) is 11.4. The summed E-state index contributed by atoms with van der Waals surface area (Å²) in [5.74, 6) is -0.203. The molecule has 0 aliphatic rings. The summed E-state index contributed by atoms with van der Waals surface area (Å²) in [6.07, 6.45) is 0.147. The number of aliphatic hydroxyl groups excluding tert-OH is 1. The number of carbonyl (C=O) groups excluding carboxylic acids is 1. The molecule has 0 aliphatic carbocycles. The average molecular weight is 211 g/mol. The number of amides is 1. The maximum Gasteiger partial charge on any atom is 0.269 e. The van der Waals surface area contributed by atoms with Crippen molar-refractivity contribution in [1.29, 1.82) is 0 Å². The van der Waals surface area contributed by atoms with E-state index in [-0.39, 0.29) is 12.5 Å².